The fourth-order valence-corrected chi connectivity index (χ4v) is 4.57. The molecule has 1 aliphatic rings. The van der Waals surface area contributed by atoms with E-state index in [1.54, 1.807) is 31.4 Å². The zero-order valence-electron chi connectivity index (χ0n) is 23.7. The van der Waals surface area contributed by atoms with Gasteiger partial charge in [-0.15, -0.1) is 0 Å². The summed E-state index contributed by atoms with van der Waals surface area (Å²) in [5.74, 6) is 1.43. The second-order valence-corrected chi connectivity index (χ2v) is 9.93. The van der Waals surface area contributed by atoms with Crippen molar-refractivity contribution in [3.05, 3.63) is 76.9 Å². The number of hydrogen-bond donors (Lipinski definition) is 0. The number of esters is 1. The fraction of sp³-hybridized carbons (Fsp3) is 0.312. The van der Waals surface area contributed by atoms with E-state index in [9.17, 15) is 9.59 Å². The van der Waals surface area contributed by atoms with Gasteiger partial charge in [-0.2, -0.15) is 0 Å². The number of carbonyl (C=O) groups excluding carboxylic acids is 2. The predicted molar refractivity (Wildman–Crippen MR) is 151 cm³/mol. The molecule has 0 bridgehead atoms. The molecule has 8 nitrogen and oxygen atoms in total. The van der Waals surface area contributed by atoms with Crippen LogP contribution in [0.15, 0.2) is 54.6 Å². The Morgan fingerprint density at radius 1 is 0.925 bits per heavy atom. The largest absolute Gasteiger partial charge is 0.496 e. The van der Waals surface area contributed by atoms with E-state index < -0.39 is 17.4 Å². The van der Waals surface area contributed by atoms with Gasteiger partial charge in [0.25, 0.3) is 0 Å². The third-order valence-corrected chi connectivity index (χ3v) is 6.54. The van der Waals surface area contributed by atoms with Crippen molar-refractivity contribution in [3.8, 4) is 34.5 Å². The van der Waals surface area contributed by atoms with Crippen LogP contribution in [-0.2, 0) is 17.8 Å². The molecule has 1 heterocycles. The fourth-order valence-electron chi connectivity index (χ4n) is 4.57. The smallest absolute Gasteiger partial charge is 0.308 e. The minimum atomic E-state index is -0.562. The molecule has 3 aromatic carbocycles. The monoisotopic (exact) mass is 546 g/mol. The van der Waals surface area contributed by atoms with Crippen molar-refractivity contribution in [2.45, 2.75) is 45.8 Å². The maximum Gasteiger partial charge on any atom is 0.308 e. The van der Waals surface area contributed by atoms with E-state index in [2.05, 4.69) is 0 Å². The quantitative estimate of drug-likeness (QED) is 0.128. The Balaban J connectivity index is 1.68. The van der Waals surface area contributed by atoms with Gasteiger partial charge in [0.05, 0.1) is 21.3 Å². The van der Waals surface area contributed by atoms with Gasteiger partial charge in [-0.05, 0) is 50.5 Å². The van der Waals surface area contributed by atoms with E-state index in [4.69, 9.17) is 28.4 Å². The second kappa shape index (κ2) is 12.2. The van der Waals surface area contributed by atoms with Crippen molar-refractivity contribution < 1.29 is 38.0 Å². The number of methoxy groups -OCH3 is 3. The summed E-state index contributed by atoms with van der Waals surface area (Å²) in [6, 6.07) is 14.8. The molecule has 0 aliphatic carbocycles. The van der Waals surface area contributed by atoms with Crippen LogP contribution in [0, 0.1) is 0 Å². The highest BCUT2D eigenvalue weighted by Gasteiger charge is 2.33. The Kier molecular flexibility index (Phi) is 8.67. The van der Waals surface area contributed by atoms with E-state index in [1.807, 2.05) is 44.2 Å². The first-order valence-corrected chi connectivity index (χ1v) is 12.9. The van der Waals surface area contributed by atoms with Gasteiger partial charge in [0.1, 0.15) is 40.8 Å². The molecule has 0 aromatic heterocycles. The Morgan fingerprint density at radius 2 is 1.65 bits per heavy atom. The number of fused-ring (bicyclic) bond motifs is 1. The summed E-state index contributed by atoms with van der Waals surface area (Å²) < 4.78 is 34.4. The normalized spacial score (nSPS) is 13.7. The molecule has 0 N–H and O–H groups in total. The minimum Gasteiger partial charge on any atom is -0.496 e. The standard InChI is InChI=1S/C32H34O8/c1-20(33)39-29-18-26-23(14-15-32(2,3)40-26)31(37-6)30(29)24(34)13-12-22-16-27(36-5)28(17-25(22)35-4)38-19-21-10-8-7-9-11-21/h7-13,16-18H,14-15,19H2,1-6H3/b13-12+. The first-order chi connectivity index (χ1) is 19.2. The van der Waals surface area contributed by atoms with Gasteiger partial charge in [0, 0.05) is 30.2 Å². The number of ketones is 1. The van der Waals surface area contributed by atoms with E-state index in [-0.39, 0.29) is 11.3 Å². The van der Waals surface area contributed by atoms with E-state index in [0.29, 0.717) is 47.3 Å². The van der Waals surface area contributed by atoms with Gasteiger partial charge in [0.15, 0.2) is 17.3 Å². The summed E-state index contributed by atoms with van der Waals surface area (Å²) in [6.07, 6.45) is 4.38. The molecule has 0 unspecified atom stereocenters. The van der Waals surface area contributed by atoms with Crippen LogP contribution in [0.4, 0.5) is 0 Å². The number of carbonyl (C=O) groups is 2. The highest BCUT2D eigenvalue weighted by Crippen LogP contribution is 2.45. The van der Waals surface area contributed by atoms with Crippen LogP contribution in [0.25, 0.3) is 6.08 Å². The molecule has 0 atom stereocenters. The highest BCUT2D eigenvalue weighted by molar-refractivity contribution is 6.11. The van der Waals surface area contributed by atoms with Crippen molar-refractivity contribution in [1.82, 2.24) is 0 Å². The van der Waals surface area contributed by atoms with Gasteiger partial charge in [-0.1, -0.05) is 30.3 Å². The summed E-state index contributed by atoms with van der Waals surface area (Å²) in [6.45, 7) is 5.59. The molecular weight excluding hydrogens is 512 g/mol. The molecule has 0 radical (unpaired) electrons. The molecule has 4 rings (SSSR count). The molecule has 210 valence electrons. The first kappa shape index (κ1) is 28.5. The summed E-state index contributed by atoms with van der Waals surface area (Å²) in [4.78, 5) is 25.5. The van der Waals surface area contributed by atoms with Gasteiger partial charge < -0.3 is 28.4 Å². The lowest BCUT2D eigenvalue weighted by atomic mass is 9.91. The van der Waals surface area contributed by atoms with E-state index in [0.717, 1.165) is 17.5 Å². The molecule has 8 heteroatoms. The van der Waals surface area contributed by atoms with Gasteiger partial charge >= 0.3 is 5.97 Å². The zero-order chi connectivity index (χ0) is 28.9. The van der Waals surface area contributed by atoms with E-state index in [1.165, 1.54) is 27.2 Å². The number of hydrogen-bond acceptors (Lipinski definition) is 8. The van der Waals surface area contributed by atoms with Crippen LogP contribution >= 0.6 is 0 Å². The summed E-state index contributed by atoms with van der Waals surface area (Å²) in [5.41, 5.74) is 2.10. The Hall–Kier alpha value is -4.46. The number of benzene rings is 3. The molecule has 0 amide bonds. The molecule has 0 saturated carbocycles. The lowest BCUT2D eigenvalue weighted by Crippen LogP contribution is -2.33. The van der Waals surface area contributed by atoms with Crippen molar-refractivity contribution in [3.63, 3.8) is 0 Å². The van der Waals surface area contributed by atoms with Crippen LogP contribution in [0.5, 0.6) is 34.5 Å². The Labute approximate surface area is 234 Å². The predicted octanol–water partition coefficient (Wildman–Crippen LogP) is 6.22. The third-order valence-electron chi connectivity index (χ3n) is 6.54. The topological polar surface area (TPSA) is 89.5 Å². The van der Waals surface area contributed by atoms with Gasteiger partial charge in [-0.3, -0.25) is 9.59 Å². The highest BCUT2D eigenvalue weighted by atomic mass is 16.5. The van der Waals surface area contributed by atoms with Crippen LogP contribution in [0.1, 0.15) is 54.2 Å². The molecular formula is C32H34O8. The third kappa shape index (κ3) is 6.39. The lowest BCUT2D eigenvalue weighted by Gasteiger charge is -2.34. The van der Waals surface area contributed by atoms with Crippen LogP contribution in [0.3, 0.4) is 0 Å². The van der Waals surface area contributed by atoms with Gasteiger partial charge in [-0.25, -0.2) is 0 Å². The number of rotatable bonds is 10. The molecule has 0 fully saturated rings. The SMILES string of the molecule is COc1cc(OCc2ccccc2)c(OC)cc1/C=C/C(=O)c1c(OC(C)=O)cc2c(c1OC)CCC(C)(C)O2. The Bertz CT molecular complexity index is 1420. The molecule has 3 aromatic rings. The summed E-state index contributed by atoms with van der Waals surface area (Å²) >= 11 is 0. The molecule has 1 aliphatic heterocycles. The summed E-state index contributed by atoms with van der Waals surface area (Å²) in [7, 11) is 4.56. The second-order valence-electron chi connectivity index (χ2n) is 9.93. The van der Waals surface area contributed by atoms with Crippen LogP contribution in [-0.4, -0.2) is 38.7 Å². The molecule has 40 heavy (non-hydrogen) atoms. The lowest BCUT2D eigenvalue weighted by molar-refractivity contribution is -0.131. The zero-order valence-corrected chi connectivity index (χ0v) is 23.7. The van der Waals surface area contributed by atoms with Crippen molar-refractivity contribution >= 4 is 17.8 Å². The van der Waals surface area contributed by atoms with Crippen LogP contribution in [0.2, 0.25) is 0 Å². The van der Waals surface area contributed by atoms with Crippen molar-refractivity contribution in [2.75, 3.05) is 21.3 Å². The Morgan fingerprint density at radius 3 is 2.30 bits per heavy atom. The first-order valence-electron chi connectivity index (χ1n) is 12.9. The molecule has 0 saturated heterocycles. The minimum absolute atomic E-state index is 0.0738. The van der Waals surface area contributed by atoms with Gasteiger partial charge in [0.2, 0.25) is 0 Å². The number of ether oxygens (including phenoxy) is 6. The summed E-state index contributed by atoms with van der Waals surface area (Å²) in [5, 5.41) is 0. The van der Waals surface area contributed by atoms with Crippen LogP contribution < -0.4 is 28.4 Å². The van der Waals surface area contributed by atoms with Crippen molar-refractivity contribution in [2.24, 2.45) is 0 Å². The molecule has 0 spiro atoms. The maximum atomic E-state index is 13.6. The average molecular weight is 547 g/mol. The van der Waals surface area contributed by atoms with E-state index >= 15 is 0 Å². The van der Waals surface area contributed by atoms with Crippen molar-refractivity contribution in [1.29, 1.82) is 0 Å². The number of allylic oxidation sites excluding steroid dienone is 1. The maximum absolute atomic E-state index is 13.6. The average Bonchev–Trinajstić information content (AvgIpc) is 2.93.